The van der Waals surface area contributed by atoms with Crippen LogP contribution in [0.3, 0.4) is 0 Å². The van der Waals surface area contributed by atoms with Crippen LogP contribution in [0, 0.1) is 5.82 Å². The third-order valence-corrected chi connectivity index (χ3v) is 5.85. The number of aliphatic hydroxyl groups is 1. The molecule has 1 aromatic carbocycles. The molecule has 3 heterocycles. The van der Waals surface area contributed by atoms with Gasteiger partial charge in [-0.05, 0) is 36.6 Å². The minimum atomic E-state index is -0.597. The molecule has 184 valence electrons. The lowest BCUT2D eigenvalue weighted by Crippen LogP contribution is -2.42. The van der Waals surface area contributed by atoms with Gasteiger partial charge in [-0.15, -0.1) is 0 Å². The average molecular weight is 481 g/mol. The number of hydrogen-bond acceptors (Lipinski definition) is 9. The molecule has 2 aromatic heterocycles. The fraction of sp³-hybridized carbons (Fsp3) is 0.417. The van der Waals surface area contributed by atoms with Crippen LogP contribution in [0.4, 0.5) is 22.1 Å². The number of morpholine rings is 1. The number of nitrogens with one attached hydrogen (secondary N) is 3. The average Bonchev–Trinajstić information content (AvgIpc) is 3.61. The van der Waals surface area contributed by atoms with E-state index >= 15 is 0 Å². The monoisotopic (exact) mass is 480 g/mol. The van der Waals surface area contributed by atoms with E-state index in [4.69, 9.17) is 4.74 Å². The first-order valence-electron chi connectivity index (χ1n) is 11.8. The first kappa shape index (κ1) is 23.3. The van der Waals surface area contributed by atoms with Crippen molar-refractivity contribution in [2.75, 3.05) is 50.0 Å². The zero-order valence-electron chi connectivity index (χ0n) is 19.3. The Kier molecular flexibility index (Phi) is 7.26. The number of aromatic amines is 1. The molecular formula is C24H29FN8O2. The van der Waals surface area contributed by atoms with Crippen LogP contribution in [0.5, 0.6) is 0 Å². The number of hydrogen-bond donors (Lipinski definition) is 4. The zero-order valence-corrected chi connectivity index (χ0v) is 19.3. The number of nitrogens with zero attached hydrogens (tertiary/aromatic N) is 5. The maximum Gasteiger partial charge on any atom is 0.233 e. The molecule has 3 aromatic rings. The van der Waals surface area contributed by atoms with Crippen molar-refractivity contribution in [2.45, 2.75) is 24.9 Å². The van der Waals surface area contributed by atoms with Crippen molar-refractivity contribution in [1.29, 1.82) is 0 Å². The number of benzene rings is 1. The Hall–Kier alpha value is -3.41. The Morgan fingerprint density at radius 3 is 2.77 bits per heavy atom. The van der Waals surface area contributed by atoms with Gasteiger partial charge in [0.1, 0.15) is 5.82 Å². The molecule has 2 aliphatic rings. The predicted octanol–water partition coefficient (Wildman–Crippen LogP) is 2.63. The normalized spacial score (nSPS) is 17.5. The second-order valence-electron chi connectivity index (χ2n) is 8.78. The van der Waals surface area contributed by atoms with E-state index in [2.05, 4.69) is 40.7 Å². The summed E-state index contributed by atoms with van der Waals surface area (Å²) in [6.07, 6.45) is 5.17. The van der Waals surface area contributed by atoms with Crippen LogP contribution in [-0.4, -0.2) is 80.7 Å². The lowest BCUT2D eigenvalue weighted by Gasteiger charge is -2.28. The molecule has 1 aliphatic heterocycles. The number of ether oxygens (including phenoxy) is 1. The molecule has 0 amide bonds. The zero-order chi connectivity index (χ0) is 24.0. The molecule has 11 heteroatoms. The smallest absolute Gasteiger partial charge is 0.233 e. The molecule has 1 aliphatic carbocycles. The van der Waals surface area contributed by atoms with Crippen molar-refractivity contribution in [2.24, 2.45) is 0 Å². The second kappa shape index (κ2) is 10.9. The summed E-state index contributed by atoms with van der Waals surface area (Å²) in [5.74, 6) is 1.88. The molecule has 1 atom stereocenters. The van der Waals surface area contributed by atoms with Gasteiger partial charge in [0.15, 0.2) is 11.6 Å². The molecule has 0 bridgehead atoms. The number of β-amino-alcohol motifs (C(OH)–C–C–N with tert-alkyl or cyclic N) is 1. The Bertz CT molecular complexity index is 1160. The molecule has 2 fully saturated rings. The summed E-state index contributed by atoms with van der Waals surface area (Å²) < 4.78 is 18.9. The van der Waals surface area contributed by atoms with Crippen LogP contribution in [0.25, 0.3) is 12.2 Å². The Morgan fingerprint density at radius 2 is 1.97 bits per heavy atom. The van der Waals surface area contributed by atoms with Crippen molar-refractivity contribution >= 4 is 29.9 Å². The van der Waals surface area contributed by atoms with Crippen molar-refractivity contribution in [3.8, 4) is 0 Å². The van der Waals surface area contributed by atoms with E-state index < -0.39 is 6.10 Å². The van der Waals surface area contributed by atoms with Gasteiger partial charge in [0.2, 0.25) is 11.9 Å². The van der Waals surface area contributed by atoms with Gasteiger partial charge < -0.3 is 20.5 Å². The van der Waals surface area contributed by atoms with E-state index in [1.165, 1.54) is 25.0 Å². The van der Waals surface area contributed by atoms with Gasteiger partial charge in [0, 0.05) is 43.9 Å². The fourth-order valence-electron chi connectivity index (χ4n) is 3.86. The van der Waals surface area contributed by atoms with Crippen LogP contribution in [0.1, 0.15) is 35.8 Å². The van der Waals surface area contributed by atoms with E-state index in [1.54, 1.807) is 24.3 Å². The molecule has 5 rings (SSSR count). The lowest BCUT2D eigenvalue weighted by molar-refractivity contribution is 0.0171. The number of rotatable bonds is 10. The molecular weight excluding hydrogens is 451 g/mol. The van der Waals surface area contributed by atoms with E-state index in [9.17, 15) is 9.50 Å². The highest BCUT2D eigenvalue weighted by Crippen LogP contribution is 2.39. The summed E-state index contributed by atoms with van der Waals surface area (Å²) in [6.45, 7) is 3.79. The van der Waals surface area contributed by atoms with Gasteiger partial charge in [-0.3, -0.25) is 10.00 Å². The maximum atomic E-state index is 13.5. The number of aromatic nitrogens is 5. The molecule has 1 saturated heterocycles. The summed E-state index contributed by atoms with van der Waals surface area (Å²) in [7, 11) is 0. The summed E-state index contributed by atoms with van der Waals surface area (Å²) in [5.41, 5.74) is 1.79. The topological polar surface area (TPSA) is 124 Å². The SMILES string of the molecule is OC(CNc1nc(/C=C/c2cccc(F)c2)nc(Nc2cc(C3CC3)[nH]n2)n1)CN1CCOCC1. The van der Waals surface area contributed by atoms with Gasteiger partial charge in [0.25, 0.3) is 0 Å². The third kappa shape index (κ3) is 6.81. The molecule has 0 radical (unpaired) electrons. The highest BCUT2D eigenvalue weighted by Gasteiger charge is 2.25. The van der Waals surface area contributed by atoms with Crippen molar-refractivity contribution < 1.29 is 14.2 Å². The molecule has 0 spiro atoms. The van der Waals surface area contributed by atoms with Gasteiger partial charge in [-0.1, -0.05) is 18.2 Å². The molecule has 1 unspecified atom stereocenters. The van der Waals surface area contributed by atoms with E-state index in [1.807, 2.05) is 6.07 Å². The quantitative estimate of drug-likeness (QED) is 0.347. The summed E-state index contributed by atoms with van der Waals surface area (Å²) >= 11 is 0. The van der Waals surface area contributed by atoms with E-state index in [0.29, 0.717) is 54.8 Å². The van der Waals surface area contributed by atoms with Gasteiger partial charge in [0.05, 0.1) is 19.3 Å². The largest absolute Gasteiger partial charge is 0.390 e. The highest BCUT2D eigenvalue weighted by molar-refractivity contribution is 5.67. The highest BCUT2D eigenvalue weighted by atomic mass is 19.1. The van der Waals surface area contributed by atoms with Crippen molar-refractivity contribution in [3.05, 3.63) is 53.2 Å². The molecule has 1 saturated carbocycles. The number of anilines is 3. The number of aliphatic hydroxyl groups excluding tert-OH is 1. The lowest BCUT2D eigenvalue weighted by atomic mass is 10.2. The summed E-state index contributed by atoms with van der Waals surface area (Å²) in [4.78, 5) is 15.5. The van der Waals surface area contributed by atoms with Crippen LogP contribution < -0.4 is 10.6 Å². The van der Waals surface area contributed by atoms with Gasteiger partial charge in [-0.2, -0.15) is 20.1 Å². The van der Waals surface area contributed by atoms with E-state index in [0.717, 1.165) is 18.8 Å². The number of H-pyrrole nitrogens is 1. The van der Waals surface area contributed by atoms with Crippen LogP contribution in [0.15, 0.2) is 30.3 Å². The fourth-order valence-corrected chi connectivity index (χ4v) is 3.86. The minimum Gasteiger partial charge on any atom is -0.390 e. The first-order chi connectivity index (χ1) is 17.1. The van der Waals surface area contributed by atoms with Gasteiger partial charge >= 0.3 is 0 Å². The summed E-state index contributed by atoms with van der Waals surface area (Å²) in [5, 5.41) is 24.1. The van der Waals surface area contributed by atoms with Crippen LogP contribution >= 0.6 is 0 Å². The van der Waals surface area contributed by atoms with Crippen molar-refractivity contribution in [3.63, 3.8) is 0 Å². The van der Waals surface area contributed by atoms with Crippen LogP contribution in [0.2, 0.25) is 0 Å². The summed E-state index contributed by atoms with van der Waals surface area (Å²) in [6, 6.07) is 8.23. The molecule has 10 nitrogen and oxygen atoms in total. The van der Waals surface area contributed by atoms with Crippen LogP contribution in [-0.2, 0) is 4.74 Å². The Morgan fingerprint density at radius 1 is 1.14 bits per heavy atom. The minimum absolute atomic E-state index is 0.280. The molecule has 4 N–H and O–H groups in total. The van der Waals surface area contributed by atoms with E-state index in [-0.39, 0.29) is 12.4 Å². The first-order valence-corrected chi connectivity index (χ1v) is 11.8. The second-order valence-corrected chi connectivity index (χ2v) is 8.78. The third-order valence-electron chi connectivity index (χ3n) is 5.85. The predicted molar refractivity (Wildman–Crippen MR) is 131 cm³/mol. The number of halogens is 1. The Labute approximate surface area is 202 Å². The Balaban J connectivity index is 1.30. The van der Waals surface area contributed by atoms with Gasteiger partial charge in [-0.25, -0.2) is 4.39 Å². The maximum absolute atomic E-state index is 13.5. The standard InChI is InChI=1S/C24H29FN8O2/c25-18-3-1-2-16(12-18)4-7-21-27-23(26-14-19(34)15-33-8-10-35-11-9-33)30-24(28-21)29-22-13-20(31-32-22)17-5-6-17/h1-4,7,12-13,17,19,34H,5-6,8-11,14-15H2,(H3,26,27,28,29,30,31,32)/b7-4+. The van der Waals surface area contributed by atoms with Crippen molar-refractivity contribution in [1.82, 2.24) is 30.0 Å². The molecule has 35 heavy (non-hydrogen) atoms.